The van der Waals surface area contributed by atoms with Gasteiger partial charge in [0.25, 0.3) is 0 Å². The molecule has 2 heterocycles. The lowest BCUT2D eigenvalue weighted by atomic mass is 10.6. The van der Waals surface area contributed by atoms with Gasteiger partial charge in [-0.2, -0.15) is 0 Å². The zero-order valence-corrected chi connectivity index (χ0v) is 5.63. The maximum Gasteiger partial charge on any atom is 0.146 e. The van der Waals surface area contributed by atoms with E-state index in [1.54, 1.807) is 0 Å². The minimum absolute atomic E-state index is 0. The Labute approximate surface area is 62.3 Å². The Balaban J connectivity index is 0.000000150. The molecule has 2 saturated heterocycles. The highest BCUT2D eigenvalue weighted by Crippen LogP contribution is 2.04. The maximum absolute atomic E-state index is 4.72. The average molecular weight is 148 g/mol. The minimum Gasteiger partial charge on any atom is -0.373 e. The molecular formula is C7H16O3. The van der Waals surface area contributed by atoms with Crippen molar-refractivity contribution in [3.05, 3.63) is 0 Å². The van der Waals surface area contributed by atoms with E-state index in [0.29, 0.717) is 12.9 Å². The summed E-state index contributed by atoms with van der Waals surface area (Å²) >= 11 is 0. The van der Waals surface area contributed by atoms with E-state index in [2.05, 4.69) is 6.92 Å². The molecule has 2 aliphatic heterocycles. The third kappa shape index (κ3) is 6.01. The Morgan fingerprint density at radius 2 is 1.60 bits per heavy atom. The first kappa shape index (κ1) is 9.88. The van der Waals surface area contributed by atoms with E-state index in [0.717, 1.165) is 19.8 Å². The number of rotatable bonds is 0. The van der Waals surface area contributed by atoms with E-state index >= 15 is 0 Å². The van der Waals surface area contributed by atoms with Gasteiger partial charge < -0.3 is 14.2 Å². The molecule has 0 aromatic heterocycles. The van der Waals surface area contributed by atoms with Crippen LogP contribution >= 0.6 is 0 Å². The van der Waals surface area contributed by atoms with Crippen molar-refractivity contribution in [1.29, 1.82) is 0 Å². The van der Waals surface area contributed by atoms with E-state index in [9.17, 15) is 0 Å². The van der Waals surface area contributed by atoms with Crippen LogP contribution in [0.4, 0.5) is 0 Å². The molecule has 2 aliphatic rings. The van der Waals surface area contributed by atoms with Crippen LogP contribution in [0.2, 0.25) is 0 Å². The molecule has 0 bridgehead atoms. The van der Waals surface area contributed by atoms with E-state index in [1.807, 2.05) is 0 Å². The standard InChI is InChI=1S/C3H6O2.C3H6O.CH4/c1-2-5-3-4-1;1-3-2-4-3;/h1-3H2;3H,2H2,1H3;1H4. The van der Waals surface area contributed by atoms with Gasteiger partial charge in [-0.25, -0.2) is 0 Å². The fraction of sp³-hybridized carbons (Fsp3) is 1.00. The summed E-state index contributed by atoms with van der Waals surface area (Å²) in [5, 5.41) is 0. The van der Waals surface area contributed by atoms with Crippen LogP contribution in [0.15, 0.2) is 0 Å². The van der Waals surface area contributed by atoms with E-state index in [1.165, 1.54) is 0 Å². The SMILES string of the molecule is C.C1COCO1.CC1CO1. The highest BCUT2D eigenvalue weighted by atomic mass is 16.7. The van der Waals surface area contributed by atoms with Crippen LogP contribution in [0.1, 0.15) is 14.4 Å². The summed E-state index contributed by atoms with van der Waals surface area (Å²) in [6, 6.07) is 0. The van der Waals surface area contributed by atoms with Gasteiger partial charge in [0.05, 0.1) is 25.9 Å². The van der Waals surface area contributed by atoms with Gasteiger partial charge in [-0.3, -0.25) is 0 Å². The van der Waals surface area contributed by atoms with E-state index in [4.69, 9.17) is 14.2 Å². The molecule has 2 fully saturated rings. The van der Waals surface area contributed by atoms with Gasteiger partial charge in [0, 0.05) is 0 Å². The largest absolute Gasteiger partial charge is 0.373 e. The van der Waals surface area contributed by atoms with Crippen LogP contribution in [0.3, 0.4) is 0 Å². The Morgan fingerprint density at radius 3 is 1.70 bits per heavy atom. The Morgan fingerprint density at radius 1 is 1.20 bits per heavy atom. The summed E-state index contributed by atoms with van der Waals surface area (Å²) in [5.41, 5.74) is 0. The van der Waals surface area contributed by atoms with Crippen molar-refractivity contribution in [2.45, 2.75) is 20.5 Å². The van der Waals surface area contributed by atoms with E-state index in [-0.39, 0.29) is 7.43 Å². The lowest BCUT2D eigenvalue weighted by Crippen LogP contribution is -1.79. The predicted octanol–water partition coefficient (Wildman–Crippen LogP) is 1.03. The molecule has 62 valence electrons. The molecule has 2 rings (SSSR count). The second kappa shape index (κ2) is 5.65. The summed E-state index contributed by atoms with van der Waals surface area (Å²) in [7, 11) is 0. The molecular weight excluding hydrogens is 132 g/mol. The maximum atomic E-state index is 4.72. The lowest BCUT2D eigenvalue weighted by molar-refractivity contribution is 0.0692. The molecule has 3 nitrogen and oxygen atoms in total. The second-order valence-corrected chi connectivity index (χ2v) is 2.08. The molecule has 0 radical (unpaired) electrons. The van der Waals surface area contributed by atoms with Gasteiger partial charge in [0.1, 0.15) is 6.79 Å². The topological polar surface area (TPSA) is 31.0 Å². The molecule has 0 aromatic carbocycles. The van der Waals surface area contributed by atoms with Crippen molar-refractivity contribution in [3.8, 4) is 0 Å². The first-order valence-electron chi connectivity index (χ1n) is 3.16. The van der Waals surface area contributed by atoms with Crippen molar-refractivity contribution in [2.24, 2.45) is 0 Å². The van der Waals surface area contributed by atoms with Crippen LogP contribution in [0.5, 0.6) is 0 Å². The molecule has 1 unspecified atom stereocenters. The van der Waals surface area contributed by atoms with Crippen LogP contribution in [0.25, 0.3) is 0 Å². The number of ether oxygens (including phenoxy) is 3. The zero-order valence-electron chi connectivity index (χ0n) is 5.63. The van der Waals surface area contributed by atoms with Crippen LogP contribution in [-0.4, -0.2) is 32.7 Å². The molecule has 0 aromatic rings. The molecule has 3 heteroatoms. The summed E-state index contributed by atoms with van der Waals surface area (Å²) in [5.74, 6) is 0. The predicted molar refractivity (Wildman–Crippen MR) is 38.9 cm³/mol. The molecule has 0 saturated carbocycles. The fourth-order valence-corrected chi connectivity index (χ4v) is 0.391. The van der Waals surface area contributed by atoms with Crippen LogP contribution < -0.4 is 0 Å². The van der Waals surface area contributed by atoms with E-state index < -0.39 is 0 Å². The molecule has 10 heavy (non-hydrogen) atoms. The smallest absolute Gasteiger partial charge is 0.146 e. The van der Waals surface area contributed by atoms with Gasteiger partial charge in [0.2, 0.25) is 0 Å². The normalized spacial score (nSPS) is 27.9. The van der Waals surface area contributed by atoms with Gasteiger partial charge in [0.15, 0.2) is 0 Å². The quantitative estimate of drug-likeness (QED) is 0.481. The number of hydrogen-bond donors (Lipinski definition) is 0. The zero-order chi connectivity index (χ0) is 6.53. The van der Waals surface area contributed by atoms with Gasteiger partial charge in [-0.05, 0) is 6.92 Å². The highest BCUT2D eigenvalue weighted by Gasteiger charge is 2.13. The number of epoxide rings is 1. The van der Waals surface area contributed by atoms with Crippen molar-refractivity contribution < 1.29 is 14.2 Å². The summed E-state index contributed by atoms with van der Waals surface area (Å²) in [6.45, 7) is 5.10. The minimum atomic E-state index is 0. The number of hydrogen-bond acceptors (Lipinski definition) is 3. The van der Waals surface area contributed by atoms with Crippen molar-refractivity contribution in [2.75, 3.05) is 26.6 Å². The highest BCUT2D eigenvalue weighted by molar-refractivity contribution is 4.58. The molecule has 0 spiro atoms. The third-order valence-corrected chi connectivity index (χ3v) is 1.04. The molecule has 0 amide bonds. The Bertz CT molecular complexity index is 59.6. The van der Waals surface area contributed by atoms with Gasteiger partial charge in [-0.15, -0.1) is 0 Å². The van der Waals surface area contributed by atoms with Gasteiger partial charge >= 0.3 is 0 Å². The van der Waals surface area contributed by atoms with Crippen molar-refractivity contribution >= 4 is 0 Å². The first-order valence-corrected chi connectivity index (χ1v) is 3.16. The third-order valence-electron chi connectivity index (χ3n) is 1.04. The van der Waals surface area contributed by atoms with Crippen molar-refractivity contribution in [3.63, 3.8) is 0 Å². The molecule has 0 aliphatic carbocycles. The fourth-order valence-electron chi connectivity index (χ4n) is 0.391. The second-order valence-electron chi connectivity index (χ2n) is 2.08. The van der Waals surface area contributed by atoms with Crippen molar-refractivity contribution in [1.82, 2.24) is 0 Å². The first-order chi connectivity index (χ1) is 4.39. The summed E-state index contributed by atoms with van der Waals surface area (Å²) < 4.78 is 14.2. The Kier molecular flexibility index (Phi) is 5.58. The van der Waals surface area contributed by atoms with Crippen LogP contribution in [-0.2, 0) is 14.2 Å². The molecule has 1 atom stereocenters. The molecule has 0 N–H and O–H groups in total. The Hall–Kier alpha value is -0.120. The average Bonchev–Trinajstić information content (AvgIpc) is 2.52. The van der Waals surface area contributed by atoms with Crippen LogP contribution in [0, 0.1) is 0 Å². The lowest BCUT2D eigenvalue weighted by Gasteiger charge is -1.76. The monoisotopic (exact) mass is 148 g/mol. The van der Waals surface area contributed by atoms with Gasteiger partial charge in [-0.1, -0.05) is 7.43 Å². The summed E-state index contributed by atoms with van der Waals surface area (Å²) in [4.78, 5) is 0. The summed E-state index contributed by atoms with van der Waals surface area (Å²) in [6.07, 6.45) is 0.583.